The van der Waals surface area contributed by atoms with Crippen LogP contribution in [0.1, 0.15) is 121 Å². The third-order valence-electron chi connectivity index (χ3n) is 16.1. The molecule has 2 aliphatic heterocycles. The van der Waals surface area contributed by atoms with Crippen LogP contribution in [0.2, 0.25) is 0 Å². The van der Waals surface area contributed by atoms with E-state index in [1.807, 2.05) is 25.7 Å². The Morgan fingerprint density at radius 2 is 1.64 bits per heavy atom. The summed E-state index contributed by atoms with van der Waals surface area (Å²) in [5.41, 5.74) is -1.48. The number of hydrogen-bond donors (Lipinski definition) is 3. The Morgan fingerprint density at radius 3 is 2.30 bits per heavy atom. The molecule has 2 heterocycles. The second-order valence-electron chi connectivity index (χ2n) is 20.1. The van der Waals surface area contributed by atoms with Crippen molar-refractivity contribution in [2.45, 2.75) is 163 Å². The van der Waals surface area contributed by atoms with E-state index in [1.165, 1.54) is 12.8 Å². The van der Waals surface area contributed by atoms with Gasteiger partial charge in [-0.05, 0) is 111 Å². The minimum atomic E-state index is -1.26. The third-order valence-corrected chi connectivity index (χ3v) is 16.1. The highest BCUT2D eigenvalue weighted by molar-refractivity contribution is 5.81. The summed E-state index contributed by atoms with van der Waals surface area (Å²) in [5.74, 6) is 1.67. The maximum atomic E-state index is 13.1. The van der Waals surface area contributed by atoms with E-state index in [0.29, 0.717) is 43.9 Å². The second kappa shape index (κ2) is 10.6. The van der Waals surface area contributed by atoms with Crippen molar-refractivity contribution in [2.24, 2.45) is 56.2 Å². The van der Waals surface area contributed by atoms with Crippen LogP contribution in [-0.2, 0) is 19.0 Å². The fourth-order valence-electron chi connectivity index (χ4n) is 13.8. The van der Waals surface area contributed by atoms with Crippen LogP contribution in [0.4, 0.5) is 0 Å². The molecule has 47 heavy (non-hydrogen) atoms. The molecule has 3 N–H and O–H groups in total. The standard InChI is InChI=1S/C39H65NO7/c1-22-19-23(30(41)35(7,8)44)46-29-28(22)36(9)15-16-39-21-38(39)14-13-26(47-27-20-40(17-18-45-27)32(43)33(2,3)4)34(5,6)24(38)11-12-25(39)37(36,10)31(29)42/h22-31,41-42,44H,11-21H2,1-10H3/t22-,23?,24+,25?,26+,27+,28+,29?,30+,31+,36?,37-,38?,39?/m1/s1. The molecule has 7 rings (SSSR count). The van der Waals surface area contributed by atoms with Crippen molar-refractivity contribution < 1.29 is 34.3 Å². The number of rotatable bonds is 4. The SMILES string of the molecule is C[C@@H]1CC([C@H](O)C(C)(C)O)OC2[C@H]1C1(C)CCC34CC35CC[C@H](O[C@H]3CN(C(=O)C(C)(C)C)CCO3)C(C)(C)[C@@H]5CCC4[C@]1(C)[C@H]2O. The molecule has 8 nitrogen and oxygen atoms in total. The summed E-state index contributed by atoms with van der Waals surface area (Å²) < 4.78 is 19.6. The molecular formula is C39H65NO7. The van der Waals surface area contributed by atoms with Gasteiger partial charge in [0.05, 0.1) is 43.2 Å². The fraction of sp³-hybridized carbons (Fsp3) is 0.974. The maximum Gasteiger partial charge on any atom is 0.228 e. The van der Waals surface area contributed by atoms with Crippen molar-refractivity contribution in [3.05, 3.63) is 0 Å². The van der Waals surface area contributed by atoms with E-state index >= 15 is 0 Å². The first-order chi connectivity index (χ1) is 21.6. The molecule has 14 atom stereocenters. The highest BCUT2D eigenvalue weighted by Gasteiger charge is 2.84. The summed E-state index contributed by atoms with van der Waals surface area (Å²) >= 11 is 0. The Bertz CT molecular complexity index is 1260. The molecule has 7 aliphatic rings. The van der Waals surface area contributed by atoms with Crippen LogP contribution in [-0.4, -0.2) is 88.2 Å². The molecule has 0 aromatic rings. The first-order valence-corrected chi connectivity index (χ1v) is 19.0. The molecule has 1 amide bonds. The molecule has 268 valence electrons. The Morgan fingerprint density at radius 1 is 0.979 bits per heavy atom. The van der Waals surface area contributed by atoms with Gasteiger partial charge >= 0.3 is 0 Å². The Labute approximate surface area is 283 Å². The van der Waals surface area contributed by atoms with Crippen molar-refractivity contribution in [1.29, 1.82) is 0 Å². The first-order valence-electron chi connectivity index (χ1n) is 19.0. The van der Waals surface area contributed by atoms with Gasteiger partial charge in [0.2, 0.25) is 5.91 Å². The Balaban J connectivity index is 1.11. The predicted octanol–water partition coefficient (Wildman–Crippen LogP) is 5.55. The number of carbonyl (C=O) groups is 1. The normalized spacial score (nSPS) is 51.2. The summed E-state index contributed by atoms with van der Waals surface area (Å²) in [6.45, 7) is 22.8. The summed E-state index contributed by atoms with van der Waals surface area (Å²) in [5, 5.41) is 34.1. The number of aliphatic hydroxyl groups is 3. The van der Waals surface area contributed by atoms with E-state index in [2.05, 4.69) is 34.6 Å². The highest BCUT2D eigenvalue weighted by Crippen LogP contribution is 2.89. The lowest BCUT2D eigenvalue weighted by Gasteiger charge is -2.64. The zero-order valence-electron chi connectivity index (χ0n) is 31.0. The third kappa shape index (κ3) is 4.62. The smallest absolute Gasteiger partial charge is 0.228 e. The minimum absolute atomic E-state index is 0.0194. The fourth-order valence-corrected chi connectivity index (χ4v) is 13.8. The van der Waals surface area contributed by atoms with E-state index in [0.717, 1.165) is 32.1 Å². The predicted molar refractivity (Wildman–Crippen MR) is 179 cm³/mol. The molecule has 6 unspecified atom stereocenters. The van der Waals surface area contributed by atoms with Gasteiger partial charge in [-0.25, -0.2) is 0 Å². The van der Waals surface area contributed by atoms with Crippen LogP contribution in [0, 0.1) is 56.2 Å². The molecule has 2 spiro atoms. The van der Waals surface area contributed by atoms with E-state index < -0.39 is 29.3 Å². The second-order valence-corrected chi connectivity index (χ2v) is 20.1. The van der Waals surface area contributed by atoms with Crippen molar-refractivity contribution >= 4 is 5.91 Å². The van der Waals surface area contributed by atoms with E-state index in [9.17, 15) is 20.1 Å². The van der Waals surface area contributed by atoms with Gasteiger partial charge in [-0.3, -0.25) is 4.79 Å². The number of ether oxygens (including phenoxy) is 3. The zero-order valence-corrected chi connectivity index (χ0v) is 31.0. The lowest BCUT2D eigenvalue weighted by molar-refractivity contribution is -0.248. The van der Waals surface area contributed by atoms with Crippen LogP contribution in [0.3, 0.4) is 0 Å². The number of aliphatic hydroxyl groups excluding tert-OH is 2. The van der Waals surface area contributed by atoms with Crippen LogP contribution in [0.25, 0.3) is 0 Å². The van der Waals surface area contributed by atoms with E-state index in [-0.39, 0.29) is 57.4 Å². The molecule has 5 aliphatic carbocycles. The summed E-state index contributed by atoms with van der Waals surface area (Å²) in [4.78, 5) is 15.0. The topological polar surface area (TPSA) is 109 Å². The molecule has 0 aromatic heterocycles. The average molecular weight is 660 g/mol. The molecule has 0 bridgehead atoms. The van der Waals surface area contributed by atoms with Gasteiger partial charge in [0.15, 0.2) is 6.29 Å². The van der Waals surface area contributed by atoms with Crippen LogP contribution >= 0.6 is 0 Å². The van der Waals surface area contributed by atoms with Gasteiger partial charge in [-0.1, -0.05) is 55.4 Å². The van der Waals surface area contributed by atoms with Gasteiger partial charge in [0.1, 0.15) is 6.10 Å². The van der Waals surface area contributed by atoms with Crippen LogP contribution in [0.15, 0.2) is 0 Å². The van der Waals surface area contributed by atoms with Gasteiger partial charge < -0.3 is 34.4 Å². The average Bonchev–Trinajstić information content (AvgIpc) is 3.61. The molecular weight excluding hydrogens is 594 g/mol. The first kappa shape index (κ1) is 34.7. The number of morpholine rings is 1. The number of hydrogen-bond acceptors (Lipinski definition) is 7. The number of carbonyl (C=O) groups excluding carboxylic acids is 1. The van der Waals surface area contributed by atoms with E-state index in [1.54, 1.807) is 13.8 Å². The number of amides is 1. The lowest BCUT2D eigenvalue weighted by atomic mass is 9.41. The zero-order chi connectivity index (χ0) is 34.3. The Hall–Kier alpha value is -0.770. The molecule has 0 radical (unpaired) electrons. The van der Waals surface area contributed by atoms with Crippen LogP contribution < -0.4 is 0 Å². The summed E-state index contributed by atoms with van der Waals surface area (Å²) in [6.07, 6.45) is 6.01. The number of nitrogens with zero attached hydrogens (tertiary/aromatic N) is 1. The quantitative estimate of drug-likeness (QED) is 0.363. The molecule has 5 saturated carbocycles. The lowest BCUT2D eigenvalue weighted by Crippen LogP contribution is -2.60. The van der Waals surface area contributed by atoms with E-state index in [4.69, 9.17) is 14.2 Å². The summed E-state index contributed by atoms with van der Waals surface area (Å²) in [6, 6.07) is 0. The molecule has 7 fully saturated rings. The van der Waals surface area contributed by atoms with Gasteiger partial charge in [-0.2, -0.15) is 0 Å². The van der Waals surface area contributed by atoms with Crippen molar-refractivity contribution in [2.75, 3.05) is 19.7 Å². The maximum absolute atomic E-state index is 13.1. The highest BCUT2D eigenvalue weighted by atomic mass is 16.7. The monoisotopic (exact) mass is 659 g/mol. The molecule has 0 aromatic carbocycles. The Kier molecular flexibility index (Phi) is 7.84. The summed E-state index contributed by atoms with van der Waals surface area (Å²) in [7, 11) is 0. The van der Waals surface area contributed by atoms with Crippen molar-refractivity contribution in [1.82, 2.24) is 4.90 Å². The van der Waals surface area contributed by atoms with Gasteiger partial charge in [0.25, 0.3) is 0 Å². The van der Waals surface area contributed by atoms with Gasteiger partial charge in [-0.15, -0.1) is 0 Å². The van der Waals surface area contributed by atoms with Gasteiger partial charge in [0, 0.05) is 17.4 Å². The van der Waals surface area contributed by atoms with Crippen LogP contribution in [0.5, 0.6) is 0 Å². The number of fused-ring (bicyclic) bond motifs is 4. The molecule has 2 saturated heterocycles. The largest absolute Gasteiger partial charge is 0.390 e. The van der Waals surface area contributed by atoms with Crippen molar-refractivity contribution in [3.63, 3.8) is 0 Å². The van der Waals surface area contributed by atoms with Crippen molar-refractivity contribution in [3.8, 4) is 0 Å². The molecule has 8 heteroatoms. The minimum Gasteiger partial charge on any atom is -0.390 e.